The topological polar surface area (TPSA) is 15.3 Å². The predicted molar refractivity (Wildman–Crippen MR) is 80.0 cm³/mol. The molecular formula is C16H28N2. The van der Waals surface area contributed by atoms with E-state index in [4.69, 9.17) is 0 Å². The van der Waals surface area contributed by atoms with Crippen LogP contribution in [0, 0.1) is 0 Å². The van der Waals surface area contributed by atoms with Gasteiger partial charge in [0, 0.05) is 19.1 Å². The minimum absolute atomic E-state index is 0.602. The molecular weight excluding hydrogens is 220 g/mol. The second kappa shape index (κ2) is 9.12. The molecule has 1 rings (SSSR count). The molecule has 1 N–H and O–H groups in total. The van der Waals surface area contributed by atoms with Gasteiger partial charge < -0.3 is 10.2 Å². The van der Waals surface area contributed by atoms with E-state index in [0.717, 1.165) is 26.1 Å². The fraction of sp³-hybridized carbons (Fsp3) is 0.625. The third-order valence-corrected chi connectivity index (χ3v) is 3.50. The molecule has 0 aromatic heterocycles. The Bertz CT molecular complexity index is 297. The number of benzene rings is 1. The molecule has 0 radical (unpaired) electrons. The number of hydrogen-bond donors (Lipinski definition) is 1. The van der Waals surface area contributed by atoms with Crippen LogP contribution in [0.1, 0.15) is 32.3 Å². The molecule has 18 heavy (non-hydrogen) atoms. The molecule has 0 saturated carbocycles. The number of likely N-dealkylation sites (N-methyl/N-ethyl adjacent to an activating group) is 1. The molecule has 0 amide bonds. The molecule has 0 spiro atoms. The van der Waals surface area contributed by atoms with Crippen molar-refractivity contribution in [2.24, 2.45) is 0 Å². The quantitative estimate of drug-likeness (QED) is 0.676. The fourth-order valence-corrected chi connectivity index (χ4v) is 1.94. The van der Waals surface area contributed by atoms with Crippen LogP contribution in [0.25, 0.3) is 0 Å². The first-order chi connectivity index (χ1) is 8.74. The van der Waals surface area contributed by atoms with Crippen LogP contribution < -0.4 is 5.32 Å². The van der Waals surface area contributed by atoms with Gasteiger partial charge in [-0.05, 0) is 38.9 Å². The van der Waals surface area contributed by atoms with E-state index in [1.165, 1.54) is 18.4 Å². The van der Waals surface area contributed by atoms with E-state index in [-0.39, 0.29) is 0 Å². The summed E-state index contributed by atoms with van der Waals surface area (Å²) in [4.78, 5) is 2.44. The molecule has 0 aliphatic rings. The van der Waals surface area contributed by atoms with Crippen LogP contribution >= 0.6 is 0 Å². The molecule has 0 heterocycles. The molecule has 0 fully saturated rings. The molecule has 1 aromatic rings. The van der Waals surface area contributed by atoms with E-state index < -0.39 is 0 Å². The Morgan fingerprint density at radius 1 is 1.22 bits per heavy atom. The zero-order valence-electron chi connectivity index (χ0n) is 12.2. The monoisotopic (exact) mass is 248 g/mol. The van der Waals surface area contributed by atoms with E-state index in [2.05, 4.69) is 61.4 Å². The number of rotatable bonds is 9. The molecule has 2 nitrogen and oxygen atoms in total. The molecule has 0 bridgehead atoms. The molecule has 2 heteroatoms. The summed E-state index contributed by atoms with van der Waals surface area (Å²) in [5.41, 5.74) is 1.43. The SMILES string of the molecule is CCCCNCC(C)N(C)CCc1ccccc1. The Balaban J connectivity index is 2.17. The maximum Gasteiger partial charge on any atom is 0.0189 e. The van der Waals surface area contributed by atoms with Crippen LogP contribution in [0.3, 0.4) is 0 Å². The second-order valence-corrected chi connectivity index (χ2v) is 5.12. The Labute approximate surface area is 112 Å². The predicted octanol–water partition coefficient (Wildman–Crippen LogP) is 2.94. The van der Waals surface area contributed by atoms with Crippen molar-refractivity contribution >= 4 is 0 Å². The number of nitrogens with zero attached hydrogens (tertiary/aromatic N) is 1. The molecule has 1 unspecified atom stereocenters. The van der Waals surface area contributed by atoms with Gasteiger partial charge in [-0.15, -0.1) is 0 Å². The summed E-state index contributed by atoms with van der Waals surface area (Å²) in [6, 6.07) is 11.3. The lowest BCUT2D eigenvalue weighted by Gasteiger charge is -2.25. The first-order valence-corrected chi connectivity index (χ1v) is 7.19. The third-order valence-electron chi connectivity index (χ3n) is 3.50. The smallest absolute Gasteiger partial charge is 0.0189 e. The summed E-state index contributed by atoms with van der Waals surface area (Å²) in [5, 5.41) is 3.52. The van der Waals surface area contributed by atoms with Crippen molar-refractivity contribution in [2.75, 3.05) is 26.7 Å². The van der Waals surface area contributed by atoms with Crippen molar-refractivity contribution in [2.45, 2.75) is 39.2 Å². The summed E-state index contributed by atoms with van der Waals surface area (Å²) in [6.07, 6.45) is 3.68. The van der Waals surface area contributed by atoms with Crippen molar-refractivity contribution in [1.29, 1.82) is 0 Å². The van der Waals surface area contributed by atoms with Gasteiger partial charge in [0.05, 0.1) is 0 Å². The largest absolute Gasteiger partial charge is 0.315 e. The molecule has 1 atom stereocenters. The van der Waals surface area contributed by atoms with E-state index in [0.29, 0.717) is 6.04 Å². The number of unbranched alkanes of at least 4 members (excludes halogenated alkanes) is 1. The van der Waals surface area contributed by atoms with Crippen molar-refractivity contribution in [3.8, 4) is 0 Å². The van der Waals surface area contributed by atoms with Crippen LogP contribution in [0.15, 0.2) is 30.3 Å². The van der Waals surface area contributed by atoms with Crippen LogP contribution in [-0.4, -0.2) is 37.6 Å². The Hall–Kier alpha value is -0.860. The highest BCUT2D eigenvalue weighted by Gasteiger charge is 2.08. The Kier molecular flexibility index (Phi) is 7.70. The fourth-order valence-electron chi connectivity index (χ4n) is 1.94. The number of nitrogens with one attached hydrogen (secondary N) is 1. The van der Waals surface area contributed by atoms with Gasteiger partial charge in [-0.2, -0.15) is 0 Å². The van der Waals surface area contributed by atoms with Crippen molar-refractivity contribution < 1.29 is 0 Å². The van der Waals surface area contributed by atoms with Gasteiger partial charge in [-0.3, -0.25) is 0 Å². The van der Waals surface area contributed by atoms with Crippen molar-refractivity contribution in [3.05, 3.63) is 35.9 Å². The van der Waals surface area contributed by atoms with Crippen molar-refractivity contribution in [3.63, 3.8) is 0 Å². The zero-order chi connectivity index (χ0) is 13.2. The second-order valence-electron chi connectivity index (χ2n) is 5.12. The summed E-state index contributed by atoms with van der Waals surface area (Å²) in [6.45, 7) is 7.89. The average molecular weight is 248 g/mol. The third kappa shape index (κ3) is 6.18. The average Bonchev–Trinajstić information content (AvgIpc) is 2.42. The van der Waals surface area contributed by atoms with Crippen LogP contribution in [0.5, 0.6) is 0 Å². The maximum absolute atomic E-state index is 3.52. The van der Waals surface area contributed by atoms with Crippen LogP contribution in [-0.2, 0) is 6.42 Å². The highest BCUT2D eigenvalue weighted by Crippen LogP contribution is 2.02. The normalized spacial score (nSPS) is 12.9. The summed E-state index contributed by atoms with van der Waals surface area (Å²) in [7, 11) is 2.22. The summed E-state index contributed by atoms with van der Waals surface area (Å²) >= 11 is 0. The van der Waals surface area contributed by atoms with Gasteiger partial charge in [0.25, 0.3) is 0 Å². The van der Waals surface area contributed by atoms with Gasteiger partial charge in [-0.1, -0.05) is 43.7 Å². The van der Waals surface area contributed by atoms with Crippen LogP contribution in [0.4, 0.5) is 0 Å². The number of hydrogen-bond acceptors (Lipinski definition) is 2. The lowest BCUT2D eigenvalue weighted by molar-refractivity contribution is 0.254. The first kappa shape index (κ1) is 15.2. The van der Waals surface area contributed by atoms with Crippen molar-refractivity contribution in [1.82, 2.24) is 10.2 Å². The van der Waals surface area contributed by atoms with Gasteiger partial charge >= 0.3 is 0 Å². The Morgan fingerprint density at radius 3 is 2.61 bits per heavy atom. The van der Waals surface area contributed by atoms with Crippen LogP contribution in [0.2, 0.25) is 0 Å². The summed E-state index contributed by atoms with van der Waals surface area (Å²) < 4.78 is 0. The van der Waals surface area contributed by atoms with E-state index >= 15 is 0 Å². The van der Waals surface area contributed by atoms with E-state index in [1.807, 2.05) is 0 Å². The zero-order valence-corrected chi connectivity index (χ0v) is 12.2. The summed E-state index contributed by atoms with van der Waals surface area (Å²) in [5.74, 6) is 0. The van der Waals surface area contributed by atoms with Gasteiger partial charge in [-0.25, -0.2) is 0 Å². The van der Waals surface area contributed by atoms with E-state index in [1.54, 1.807) is 0 Å². The molecule has 0 aliphatic carbocycles. The minimum Gasteiger partial charge on any atom is -0.315 e. The Morgan fingerprint density at radius 2 is 1.94 bits per heavy atom. The molecule has 102 valence electrons. The maximum atomic E-state index is 3.52. The van der Waals surface area contributed by atoms with Gasteiger partial charge in [0.1, 0.15) is 0 Å². The lowest BCUT2D eigenvalue weighted by Crippen LogP contribution is -2.39. The van der Waals surface area contributed by atoms with E-state index in [9.17, 15) is 0 Å². The molecule has 0 saturated heterocycles. The van der Waals surface area contributed by atoms with Gasteiger partial charge in [0.2, 0.25) is 0 Å². The molecule has 1 aromatic carbocycles. The minimum atomic E-state index is 0.602. The van der Waals surface area contributed by atoms with Gasteiger partial charge in [0.15, 0.2) is 0 Å². The standard InChI is InChI=1S/C16H28N2/c1-4-5-12-17-14-15(2)18(3)13-11-16-9-7-6-8-10-16/h6-10,15,17H,4-5,11-14H2,1-3H3. The highest BCUT2D eigenvalue weighted by molar-refractivity contribution is 5.14. The highest BCUT2D eigenvalue weighted by atomic mass is 15.1. The molecule has 0 aliphatic heterocycles. The lowest BCUT2D eigenvalue weighted by atomic mass is 10.1. The first-order valence-electron chi connectivity index (χ1n) is 7.19.